The van der Waals surface area contributed by atoms with Gasteiger partial charge in [0.2, 0.25) is 0 Å². The van der Waals surface area contributed by atoms with E-state index in [4.69, 9.17) is 9.47 Å². The van der Waals surface area contributed by atoms with Crippen molar-refractivity contribution >= 4 is 56.3 Å². The van der Waals surface area contributed by atoms with E-state index in [1.807, 2.05) is 31.2 Å². The molecule has 170 valence electrons. The van der Waals surface area contributed by atoms with Crippen LogP contribution < -0.4 is 15.5 Å². The number of nitrogens with zero attached hydrogens (tertiary/aromatic N) is 2. The van der Waals surface area contributed by atoms with Gasteiger partial charge in [-0.2, -0.15) is 0 Å². The number of halogens is 1. The van der Waals surface area contributed by atoms with Crippen molar-refractivity contribution in [3.8, 4) is 0 Å². The SMILES string of the molecule is CN=C1COCCN1c1ccc(NC(=O)C2(NC(=O)c3ccc(Br)s3)CCOC2)cc1C. The van der Waals surface area contributed by atoms with Crippen LogP contribution in [0.3, 0.4) is 0 Å². The zero-order valence-electron chi connectivity index (χ0n) is 17.9. The number of ether oxygens (including phenoxy) is 2. The Labute approximate surface area is 199 Å². The third-order valence-corrected chi connectivity index (χ3v) is 7.23. The molecule has 1 unspecified atom stereocenters. The summed E-state index contributed by atoms with van der Waals surface area (Å²) in [5.41, 5.74) is 1.60. The number of carbonyl (C=O) groups is 2. The molecule has 10 heteroatoms. The molecular weight excluding hydrogens is 496 g/mol. The lowest BCUT2D eigenvalue weighted by atomic mass is 9.96. The summed E-state index contributed by atoms with van der Waals surface area (Å²) in [6, 6.07) is 9.31. The highest BCUT2D eigenvalue weighted by molar-refractivity contribution is 9.11. The van der Waals surface area contributed by atoms with Gasteiger partial charge < -0.3 is 25.0 Å². The summed E-state index contributed by atoms with van der Waals surface area (Å²) in [6.07, 6.45) is 0.415. The van der Waals surface area contributed by atoms with Gasteiger partial charge in [0.15, 0.2) is 0 Å². The molecule has 2 saturated heterocycles. The smallest absolute Gasteiger partial charge is 0.262 e. The standard InChI is InChI=1S/C22H25BrN4O4S/c1-14-11-15(3-4-16(14)27-8-10-30-12-19(27)24-2)25-21(29)22(7-9-31-13-22)26-20(28)17-5-6-18(23)32-17/h3-6,11H,7-10,12-13H2,1-2H3,(H,25,29)(H,26,28). The maximum atomic E-state index is 13.2. The minimum absolute atomic E-state index is 0.137. The third-order valence-electron chi connectivity index (χ3n) is 5.61. The Morgan fingerprint density at radius 2 is 2.06 bits per heavy atom. The van der Waals surface area contributed by atoms with Crippen LogP contribution in [0.1, 0.15) is 21.7 Å². The largest absolute Gasteiger partial charge is 0.378 e. The van der Waals surface area contributed by atoms with Crippen molar-refractivity contribution < 1.29 is 19.1 Å². The van der Waals surface area contributed by atoms with Crippen molar-refractivity contribution in [2.75, 3.05) is 50.2 Å². The second kappa shape index (κ2) is 9.70. The average Bonchev–Trinajstić information content (AvgIpc) is 3.44. The fraction of sp³-hybridized carbons (Fsp3) is 0.409. The first-order valence-corrected chi connectivity index (χ1v) is 11.9. The number of amides is 2. The molecule has 0 aliphatic carbocycles. The first kappa shape index (κ1) is 22.9. The van der Waals surface area contributed by atoms with Crippen molar-refractivity contribution in [3.05, 3.63) is 44.6 Å². The van der Waals surface area contributed by atoms with Gasteiger partial charge in [-0.3, -0.25) is 14.6 Å². The Balaban J connectivity index is 1.50. The molecule has 2 aliphatic rings. The van der Waals surface area contributed by atoms with Gasteiger partial charge in [-0.25, -0.2) is 0 Å². The zero-order chi connectivity index (χ0) is 22.7. The summed E-state index contributed by atoms with van der Waals surface area (Å²) in [6.45, 7) is 4.40. The summed E-state index contributed by atoms with van der Waals surface area (Å²) in [4.78, 5) is 33.0. The number of carbonyl (C=O) groups excluding carboxylic acids is 2. The monoisotopic (exact) mass is 520 g/mol. The van der Waals surface area contributed by atoms with Crippen LogP contribution in [0, 0.1) is 6.92 Å². The minimum Gasteiger partial charge on any atom is -0.378 e. The molecule has 2 fully saturated rings. The number of aliphatic imine (C=N–C) groups is 1. The van der Waals surface area contributed by atoms with Crippen molar-refractivity contribution in [1.29, 1.82) is 0 Å². The molecule has 2 N–H and O–H groups in total. The number of anilines is 2. The quantitative estimate of drug-likeness (QED) is 0.631. The number of rotatable bonds is 5. The van der Waals surface area contributed by atoms with E-state index >= 15 is 0 Å². The fourth-order valence-corrected chi connectivity index (χ4v) is 5.15. The summed E-state index contributed by atoms with van der Waals surface area (Å²) in [5, 5.41) is 5.88. The van der Waals surface area contributed by atoms with Crippen LogP contribution in [-0.2, 0) is 14.3 Å². The average molecular weight is 521 g/mol. The summed E-state index contributed by atoms with van der Waals surface area (Å²) in [5.74, 6) is 0.306. The lowest BCUT2D eigenvalue weighted by molar-refractivity contribution is -0.122. The maximum Gasteiger partial charge on any atom is 0.262 e. The maximum absolute atomic E-state index is 13.2. The molecule has 0 radical (unpaired) electrons. The van der Waals surface area contributed by atoms with Crippen molar-refractivity contribution in [1.82, 2.24) is 5.32 Å². The molecule has 0 bridgehead atoms. The van der Waals surface area contributed by atoms with Gasteiger partial charge >= 0.3 is 0 Å². The fourth-order valence-electron chi connectivity index (χ4n) is 3.87. The molecule has 0 spiro atoms. The van der Waals surface area contributed by atoms with Gasteiger partial charge in [0.25, 0.3) is 11.8 Å². The van der Waals surface area contributed by atoms with E-state index in [1.54, 1.807) is 13.1 Å². The molecule has 1 atom stereocenters. The second-order valence-electron chi connectivity index (χ2n) is 7.74. The van der Waals surface area contributed by atoms with E-state index in [1.165, 1.54) is 11.3 Å². The van der Waals surface area contributed by atoms with E-state index in [2.05, 4.69) is 36.5 Å². The van der Waals surface area contributed by atoms with Gasteiger partial charge in [-0.15, -0.1) is 11.3 Å². The van der Waals surface area contributed by atoms with Gasteiger partial charge in [-0.05, 0) is 58.7 Å². The van der Waals surface area contributed by atoms with Gasteiger partial charge in [0, 0.05) is 38.0 Å². The minimum atomic E-state index is -1.10. The number of benzene rings is 1. The van der Waals surface area contributed by atoms with Crippen LogP contribution in [0.5, 0.6) is 0 Å². The zero-order valence-corrected chi connectivity index (χ0v) is 20.3. The molecule has 1 aromatic carbocycles. The Morgan fingerprint density at radius 3 is 2.72 bits per heavy atom. The van der Waals surface area contributed by atoms with E-state index in [0.29, 0.717) is 36.8 Å². The molecular formula is C22H25BrN4O4S. The molecule has 2 aromatic rings. The van der Waals surface area contributed by atoms with Crippen LogP contribution in [0.2, 0.25) is 0 Å². The molecule has 2 aliphatic heterocycles. The highest BCUT2D eigenvalue weighted by Gasteiger charge is 2.44. The molecule has 3 heterocycles. The summed E-state index contributed by atoms with van der Waals surface area (Å²) >= 11 is 4.69. The van der Waals surface area contributed by atoms with Crippen LogP contribution >= 0.6 is 27.3 Å². The van der Waals surface area contributed by atoms with Crippen molar-refractivity contribution in [3.63, 3.8) is 0 Å². The predicted octanol–water partition coefficient (Wildman–Crippen LogP) is 3.21. The lowest BCUT2D eigenvalue weighted by Gasteiger charge is -2.31. The number of hydrogen-bond donors (Lipinski definition) is 2. The Kier molecular flexibility index (Phi) is 6.94. The molecule has 4 rings (SSSR count). The molecule has 0 saturated carbocycles. The predicted molar refractivity (Wildman–Crippen MR) is 129 cm³/mol. The van der Waals surface area contributed by atoms with E-state index < -0.39 is 5.54 Å². The van der Waals surface area contributed by atoms with E-state index in [-0.39, 0.29) is 18.4 Å². The normalized spacial score (nSPS) is 22.2. The number of amidine groups is 1. The van der Waals surface area contributed by atoms with Crippen molar-refractivity contribution in [2.24, 2.45) is 4.99 Å². The summed E-state index contributed by atoms with van der Waals surface area (Å²) in [7, 11) is 1.76. The van der Waals surface area contributed by atoms with Gasteiger partial charge in [0.05, 0.1) is 21.9 Å². The number of morpholine rings is 1. The highest BCUT2D eigenvalue weighted by atomic mass is 79.9. The number of thiophene rings is 1. The summed E-state index contributed by atoms with van der Waals surface area (Å²) < 4.78 is 11.8. The van der Waals surface area contributed by atoms with Crippen LogP contribution in [0.25, 0.3) is 0 Å². The Bertz CT molecular complexity index is 1050. The van der Waals surface area contributed by atoms with Crippen LogP contribution in [0.4, 0.5) is 11.4 Å². The number of hydrogen-bond acceptors (Lipinski definition) is 6. The van der Waals surface area contributed by atoms with E-state index in [0.717, 1.165) is 27.4 Å². The first-order chi connectivity index (χ1) is 15.4. The van der Waals surface area contributed by atoms with Crippen LogP contribution in [-0.4, -0.2) is 63.2 Å². The molecule has 2 amide bonds. The first-order valence-electron chi connectivity index (χ1n) is 10.3. The topological polar surface area (TPSA) is 92.3 Å². The van der Waals surface area contributed by atoms with Gasteiger partial charge in [-0.1, -0.05) is 0 Å². The van der Waals surface area contributed by atoms with Crippen LogP contribution in [0.15, 0.2) is 39.1 Å². The lowest BCUT2D eigenvalue weighted by Crippen LogP contribution is -2.57. The second-order valence-corrected chi connectivity index (χ2v) is 10.2. The van der Waals surface area contributed by atoms with E-state index in [9.17, 15) is 9.59 Å². The number of aryl methyl sites for hydroxylation is 1. The van der Waals surface area contributed by atoms with Gasteiger partial charge in [0.1, 0.15) is 18.0 Å². The Morgan fingerprint density at radius 1 is 1.22 bits per heavy atom. The molecule has 1 aromatic heterocycles. The van der Waals surface area contributed by atoms with Crippen molar-refractivity contribution in [2.45, 2.75) is 18.9 Å². The third kappa shape index (κ3) is 4.73. The highest BCUT2D eigenvalue weighted by Crippen LogP contribution is 2.28. The number of nitrogens with one attached hydrogen (secondary N) is 2. The molecule has 32 heavy (non-hydrogen) atoms. The molecule has 8 nitrogen and oxygen atoms in total. The Hall–Kier alpha value is -2.27.